The lowest BCUT2D eigenvalue weighted by molar-refractivity contribution is -0.120. The maximum atomic E-state index is 12.6. The number of amides is 2. The first kappa shape index (κ1) is 19.9. The molecular formula is C26H26N2O2. The second-order valence-corrected chi connectivity index (χ2v) is 7.80. The van der Waals surface area contributed by atoms with Crippen LogP contribution in [0, 0.1) is 5.92 Å². The molecule has 1 saturated carbocycles. The van der Waals surface area contributed by atoms with Gasteiger partial charge in [0.05, 0.1) is 0 Å². The van der Waals surface area contributed by atoms with E-state index >= 15 is 0 Å². The maximum absolute atomic E-state index is 12.6. The molecule has 2 N–H and O–H groups in total. The molecule has 2 amide bonds. The van der Waals surface area contributed by atoms with Crippen molar-refractivity contribution < 1.29 is 9.59 Å². The van der Waals surface area contributed by atoms with Gasteiger partial charge in [-0.15, -0.1) is 0 Å². The summed E-state index contributed by atoms with van der Waals surface area (Å²) < 4.78 is 0. The highest BCUT2D eigenvalue weighted by molar-refractivity contribution is 6.05. The van der Waals surface area contributed by atoms with Crippen molar-refractivity contribution in [1.29, 1.82) is 0 Å². The topological polar surface area (TPSA) is 58.2 Å². The number of hydrogen-bond acceptors (Lipinski definition) is 2. The van der Waals surface area contributed by atoms with Gasteiger partial charge in [-0.3, -0.25) is 9.59 Å². The van der Waals surface area contributed by atoms with E-state index in [1.807, 2.05) is 72.8 Å². The first-order valence-electron chi connectivity index (χ1n) is 10.6. The van der Waals surface area contributed by atoms with Gasteiger partial charge in [-0.1, -0.05) is 67.8 Å². The van der Waals surface area contributed by atoms with Crippen LogP contribution in [0.4, 0.5) is 11.4 Å². The largest absolute Gasteiger partial charge is 0.326 e. The summed E-state index contributed by atoms with van der Waals surface area (Å²) in [6.45, 7) is 0. The Bertz CT molecular complexity index is 1010. The molecule has 3 aromatic rings. The van der Waals surface area contributed by atoms with Crippen LogP contribution in [0.3, 0.4) is 0 Å². The van der Waals surface area contributed by atoms with Crippen LogP contribution in [0.15, 0.2) is 78.9 Å². The van der Waals surface area contributed by atoms with Crippen LogP contribution in [0.2, 0.25) is 0 Å². The zero-order valence-corrected chi connectivity index (χ0v) is 16.9. The van der Waals surface area contributed by atoms with Gasteiger partial charge >= 0.3 is 0 Å². The third-order valence-electron chi connectivity index (χ3n) is 5.62. The first-order chi connectivity index (χ1) is 14.7. The minimum Gasteiger partial charge on any atom is -0.326 e. The quantitative estimate of drug-likeness (QED) is 0.543. The molecule has 4 rings (SSSR count). The standard InChI is InChI=1S/C26H26N2O2/c29-25(21-10-5-2-6-11-21)27-23-12-7-13-24(18-23)28-26(30)22-16-14-20(15-17-22)19-8-3-1-4-9-19/h1,3-4,7-9,12-18,21H,2,5-6,10-11H2,(H,27,29)(H,28,30). The molecular weight excluding hydrogens is 372 g/mol. The van der Waals surface area contributed by atoms with E-state index in [9.17, 15) is 9.59 Å². The molecule has 152 valence electrons. The lowest BCUT2D eigenvalue weighted by Crippen LogP contribution is -2.24. The third kappa shape index (κ3) is 4.95. The zero-order chi connectivity index (χ0) is 20.8. The van der Waals surface area contributed by atoms with Gasteiger partial charge in [0.1, 0.15) is 0 Å². The van der Waals surface area contributed by atoms with Gasteiger partial charge in [0.25, 0.3) is 5.91 Å². The first-order valence-corrected chi connectivity index (χ1v) is 10.6. The Labute approximate surface area is 177 Å². The van der Waals surface area contributed by atoms with Gasteiger partial charge in [-0.25, -0.2) is 0 Å². The summed E-state index contributed by atoms with van der Waals surface area (Å²) in [7, 11) is 0. The van der Waals surface area contributed by atoms with Crippen molar-refractivity contribution in [2.24, 2.45) is 5.92 Å². The molecule has 0 radical (unpaired) electrons. The van der Waals surface area contributed by atoms with Crippen molar-refractivity contribution in [1.82, 2.24) is 0 Å². The van der Waals surface area contributed by atoms with Gasteiger partial charge in [-0.05, 0) is 54.3 Å². The molecule has 0 spiro atoms. The van der Waals surface area contributed by atoms with Crippen LogP contribution in [0.25, 0.3) is 11.1 Å². The van der Waals surface area contributed by atoms with Gasteiger partial charge in [0, 0.05) is 22.9 Å². The number of nitrogens with one attached hydrogen (secondary N) is 2. The van der Waals surface area contributed by atoms with Crippen molar-refractivity contribution in [2.45, 2.75) is 32.1 Å². The smallest absolute Gasteiger partial charge is 0.255 e. The number of benzene rings is 3. The average molecular weight is 399 g/mol. The predicted octanol–water partition coefficient (Wildman–Crippen LogP) is 6.12. The van der Waals surface area contributed by atoms with Crippen LogP contribution in [0.1, 0.15) is 42.5 Å². The van der Waals surface area contributed by atoms with Gasteiger partial charge in [0.2, 0.25) is 5.91 Å². The summed E-state index contributed by atoms with van der Waals surface area (Å²) in [6.07, 6.45) is 5.38. The highest BCUT2D eigenvalue weighted by Gasteiger charge is 2.21. The van der Waals surface area contributed by atoms with Crippen molar-refractivity contribution in [3.05, 3.63) is 84.4 Å². The van der Waals surface area contributed by atoms with E-state index in [4.69, 9.17) is 0 Å². The molecule has 4 heteroatoms. The molecule has 0 saturated heterocycles. The fraction of sp³-hybridized carbons (Fsp3) is 0.231. The number of hydrogen-bond donors (Lipinski definition) is 2. The third-order valence-corrected chi connectivity index (χ3v) is 5.62. The fourth-order valence-electron chi connectivity index (χ4n) is 3.93. The molecule has 1 aliphatic carbocycles. The van der Waals surface area contributed by atoms with E-state index in [1.165, 1.54) is 6.42 Å². The zero-order valence-electron chi connectivity index (χ0n) is 16.9. The summed E-state index contributed by atoms with van der Waals surface area (Å²) in [4.78, 5) is 25.1. The maximum Gasteiger partial charge on any atom is 0.255 e. The van der Waals surface area contributed by atoms with Crippen molar-refractivity contribution >= 4 is 23.2 Å². The molecule has 0 aromatic heterocycles. The van der Waals surface area contributed by atoms with Crippen LogP contribution < -0.4 is 10.6 Å². The Morgan fingerprint density at radius 2 is 1.30 bits per heavy atom. The molecule has 4 nitrogen and oxygen atoms in total. The minimum atomic E-state index is -0.176. The van der Waals surface area contributed by atoms with E-state index in [2.05, 4.69) is 10.6 Å². The molecule has 0 heterocycles. The average Bonchev–Trinajstić information content (AvgIpc) is 2.80. The van der Waals surface area contributed by atoms with Crippen LogP contribution in [-0.4, -0.2) is 11.8 Å². The molecule has 0 bridgehead atoms. The molecule has 0 aliphatic heterocycles. The van der Waals surface area contributed by atoms with Crippen LogP contribution >= 0.6 is 0 Å². The van der Waals surface area contributed by atoms with Gasteiger partial charge < -0.3 is 10.6 Å². The van der Waals surface area contributed by atoms with Crippen molar-refractivity contribution in [3.63, 3.8) is 0 Å². The molecule has 30 heavy (non-hydrogen) atoms. The number of rotatable bonds is 5. The molecule has 3 aromatic carbocycles. The Hall–Kier alpha value is -3.40. The van der Waals surface area contributed by atoms with Crippen molar-refractivity contribution in [3.8, 4) is 11.1 Å². The molecule has 0 unspecified atom stereocenters. The second kappa shape index (κ2) is 9.40. The van der Waals surface area contributed by atoms with E-state index in [0.717, 1.165) is 36.8 Å². The van der Waals surface area contributed by atoms with Gasteiger partial charge in [0.15, 0.2) is 0 Å². The van der Waals surface area contributed by atoms with E-state index in [-0.39, 0.29) is 17.7 Å². The summed E-state index contributed by atoms with van der Waals surface area (Å²) >= 11 is 0. The Morgan fingerprint density at radius 3 is 2.00 bits per heavy atom. The minimum absolute atomic E-state index is 0.0784. The highest BCUT2D eigenvalue weighted by Crippen LogP contribution is 2.26. The van der Waals surface area contributed by atoms with E-state index in [0.29, 0.717) is 16.9 Å². The van der Waals surface area contributed by atoms with E-state index < -0.39 is 0 Å². The SMILES string of the molecule is O=C(Nc1cccc(NC(=O)C2CCCCC2)c1)c1ccc(-c2ccccc2)cc1. The van der Waals surface area contributed by atoms with Crippen LogP contribution in [0.5, 0.6) is 0 Å². The summed E-state index contributed by atoms with van der Waals surface area (Å²) in [5, 5.41) is 5.92. The molecule has 1 aliphatic rings. The molecule has 0 atom stereocenters. The summed E-state index contributed by atoms with van der Waals surface area (Å²) in [6, 6.07) is 24.9. The molecule has 1 fully saturated rings. The van der Waals surface area contributed by atoms with Gasteiger partial charge in [-0.2, -0.15) is 0 Å². The normalized spacial score (nSPS) is 14.1. The van der Waals surface area contributed by atoms with Crippen molar-refractivity contribution in [2.75, 3.05) is 10.6 Å². The monoisotopic (exact) mass is 398 g/mol. The summed E-state index contributed by atoms with van der Waals surface area (Å²) in [5.41, 5.74) is 4.15. The number of anilines is 2. The Morgan fingerprint density at radius 1 is 0.667 bits per heavy atom. The Balaban J connectivity index is 1.39. The van der Waals surface area contributed by atoms with E-state index in [1.54, 1.807) is 6.07 Å². The predicted molar refractivity (Wildman–Crippen MR) is 121 cm³/mol. The second-order valence-electron chi connectivity index (χ2n) is 7.80. The van der Waals surface area contributed by atoms with Crippen LogP contribution in [-0.2, 0) is 4.79 Å². The highest BCUT2D eigenvalue weighted by atomic mass is 16.2. The Kier molecular flexibility index (Phi) is 6.23. The number of carbonyl (C=O) groups is 2. The lowest BCUT2D eigenvalue weighted by Gasteiger charge is -2.20. The number of carbonyl (C=O) groups excluding carboxylic acids is 2. The fourth-order valence-corrected chi connectivity index (χ4v) is 3.93. The summed E-state index contributed by atoms with van der Waals surface area (Å²) in [5.74, 6) is 0.000160. The lowest BCUT2D eigenvalue weighted by atomic mass is 9.88.